The van der Waals surface area contributed by atoms with Crippen molar-refractivity contribution in [2.24, 2.45) is 0 Å². The van der Waals surface area contributed by atoms with Crippen molar-refractivity contribution in [2.75, 3.05) is 4.90 Å². The third kappa shape index (κ3) is 1.81. The van der Waals surface area contributed by atoms with E-state index in [1.54, 1.807) is 12.1 Å². The van der Waals surface area contributed by atoms with E-state index in [4.69, 9.17) is 0 Å². The molecule has 0 spiro atoms. The topological polar surface area (TPSA) is 20.3 Å². The Morgan fingerprint density at radius 2 is 1.76 bits per heavy atom. The molecule has 2 nitrogen and oxygen atoms in total. The normalized spacial score (nSPS) is 18.1. The van der Waals surface area contributed by atoms with E-state index < -0.39 is 18.4 Å². The number of benzene rings is 1. The number of hydrogen-bond acceptors (Lipinski definition) is 1. The molecule has 0 N–H and O–H groups in total. The van der Waals surface area contributed by atoms with Crippen LogP contribution in [0.3, 0.4) is 0 Å². The van der Waals surface area contributed by atoms with E-state index in [1.807, 2.05) is 19.9 Å². The summed E-state index contributed by atoms with van der Waals surface area (Å²) in [5, 5.41) is 0. The van der Waals surface area contributed by atoms with Crippen molar-refractivity contribution in [3.8, 4) is 0 Å². The zero-order valence-electron chi connectivity index (χ0n) is 9.96. The maximum Gasteiger partial charge on any atom is 0.340 e. The lowest BCUT2D eigenvalue weighted by atomic mass is 9.98. The van der Waals surface area contributed by atoms with Crippen molar-refractivity contribution in [1.82, 2.24) is 0 Å². The summed E-state index contributed by atoms with van der Waals surface area (Å²) in [4.78, 5) is 12.1. The summed E-state index contributed by atoms with van der Waals surface area (Å²) in [6.07, 6.45) is 0.611. The molecule has 2 rings (SSSR count). The molecule has 1 heterocycles. The SMILES string of the molecule is CCc1cccc(CC)c1N1C(=O)CC1(F)F. The van der Waals surface area contributed by atoms with Crippen molar-refractivity contribution in [3.63, 3.8) is 0 Å². The fraction of sp³-hybridized carbons (Fsp3) is 0.462. The number of halogens is 2. The van der Waals surface area contributed by atoms with Gasteiger partial charge in [0, 0.05) is 0 Å². The first-order chi connectivity index (χ1) is 8.01. The Bertz CT molecular complexity index is 434. The lowest BCUT2D eigenvalue weighted by Gasteiger charge is -2.41. The van der Waals surface area contributed by atoms with Gasteiger partial charge in [-0.2, -0.15) is 8.78 Å². The average molecular weight is 239 g/mol. The molecule has 1 aliphatic rings. The van der Waals surface area contributed by atoms with Gasteiger partial charge in [0.15, 0.2) is 0 Å². The molecule has 92 valence electrons. The minimum Gasteiger partial charge on any atom is -0.274 e. The Labute approximate surface area is 99.2 Å². The van der Waals surface area contributed by atoms with E-state index in [0.29, 0.717) is 23.4 Å². The highest BCUT2D eigenvalue weighted by Crippen LogP contribution is 2.42. The van der Waals surface area contributed by atoms with Gasteiger partial charge in [0.05, 0.1) is 5.69 Å². The number of carbonyl (C=O) groups excluding carboxylic acids is 1. The minimum atomic E-state index is -3.02. The number of anilines is 1. The van der Waals surface area contributed by atoms with Gasteiger partial charge in [-0.05, 0) is 24.0 Å². The molecule has 1 aliphatic heterocycles. The molecule has 0 saturated carbocycles. The van der Waals surface area contributed by atoms with Crippen LogP contribution in [0.4, 0.5) is 14.5 Å². The largest absolute Gasteiger partial charge is 0.340 e. The second-order valence-electron chi connectivity index (χ2n) is 4.20. The Morgan fingerprint density at radius 3 is 2.12 bits per heavy atom. The molecular weight excluding hydrogens is 224 g/mol. The molecular formula is C13H15F2NO. The lowest BCUT2D eigenvalue weighted by molar-refractivity contribution is -0.147. The number of alkyl halides is 2. The van der Waals surface area contributed by atoms with Crippen LogP contribution < -0.4 is 4.90 Å². The zero-order valence-corrected chi connectivity index (χ0v) is 9.96. The molecule has 1 amide bonds. The molecule has 0 aromatic heterocycles. The minimum absolute atomic E-state index is 0.416. The van der Waals surface area contributed by atoms with Gasteiger partial charge >= 0.3 is 6.05 Å². The summed E-state index contributed by atoms with van der Waals surface area (Å²) < 4.78 is 27.0. The van der Waals surface area contributed by atoms with Gasteiger partial charge < -0.3 is 0 Å². The van der Waals surface area contributed by atoms with Gasteiger partial charge in [0.1, 0.15) is 6.42 Å². The van der Waals surface area contributed by atoms with E-state index >= 15 is 0 Å². The van der Waals surface area contributed by atoms with Gasteiger partial charge in [-0.1, -0.05) is 32.0 Å². The molecule has 0 unspecified atom stereocenters. The Morgan fingerprint density at radius 1 is 1.24 bits per heavy atom. The summed E-state index contributed by atoms with van der Waals surface area (Å²) in [7, 11) is 0. The quantitative estimate of drug-likeness (QED) is 0.586. The smallest absolute Gasteiger partial charge is 0.274 e. The van der Waals surface area contributed by atoms with E-state index in [-0.39, 0.29) is 0 Å². The molecule has 1 fully saturated rings. The van der Waals surface area contributed by atoms with Crippen molar-refractivity contribution in [2.45, 2.75) is 39.2 Å². The number of carbonyl (C=O) groups is 1. The van der Waals surface area contributed by atoms with Crippen LogP contribution in [0.1, 0.15) is 31.4 Å². The molecule has 1 aromatic rings. The van der Waals surface area contributed by atoms with E-state index in [0.717, 1.165) is 11.1 Å². The van der Waals surface area contributed by atoms with Crippen LogP contribution in [0.15, 0.2) is 18.2 Å². The van der Waals surface area contributed by atoms with Gasteiger partial charge in [0.25, 0.3) is 0 Å². The fourth-order valence-corrected chi connectivity index (χ4v) is 2.22. The number of nitrogens with zero attached hydrogens (tertiary/aromatic N) is 1. The van der Waals surface area contributed by atoms with Crippen LogP contribution in [0.25, 0.3) is 0 Å². The van der Waals surface area contributed by atoms with Crippen LogP contribution in [-0.2, 0) is 17.6 Å². The highest BCUT2D eigenvalue weighted by molar-refractivity contribution is 6.02. The third-order valence-corrected chi connectivity index (χ3v) is 3.13. The maximum atomic E-state index is 13.5. The molecule has 4 heteroatoms. The van der Waals surface area contributed by atoms with E-state index in [1.165, 1.54) is 0 Å². The molecule has 1 saturated heterocycles. The highest BCUT2D eigenvalue weighted by Gasteiger charge is 2.54. The van der Waals surface area contributed by atoms with Gasteiger partial charge in [-0.15, -0.1) is 0 Å². The molecule has 0 atom stereocenters. The standard InChI is InChI=1S/C13H15F2NO/c1-3-9-6-5-7-10(4-2)12(9)16-11(17)8-13(16,14)15/h5-7H,3-4,8H2,1-2H3. The van der Waals surface area contributed by atoms with Gasteiger partial charge in [-0.25, -0.2) is 0 Å². The monoisotopic (exact) mass is 239 g/mol. The van der Waals surface area contributed by atoms with Crippen LogP contribution in [0, 0.1) is 0 Å². The van der Waals surface area contributed by atoms with Gasteiger partial charge in [0.2, 0.25) is 5.91 Å². The molecule has 0 radical (unpaired) electrons. The summed E-state index contributed by atoms with van der Waals surface area (Å²) >= 11 is 0. The first kappa shape index (κ1) is 12.0. The zero-order chi connectivity index (χ0) is 12.6. The van der Waals surface area contributed by atoms with Crippen molar-refractivity contribution >= 4 is 11.6 Å². The lowest BCUT2D eigenvalue weighted by Crippen LogP contribution is -2.59. The van der Waals surface area contributed by atoms with Crippen LogP contribution in [0.2, 0.25) is 0 Å². The number of hydrogen-bond donors (Lipinski definition) is 0. The summed E-state index contributed by atoms with van der Waals surface area (Å²) in [5.74, 6) is -0.495. The third-order valence-electron chi connectivity index (χ3n) is 3.13. The Hall–Kier alpha value is -1.45. The number of para-hydroxylation sites is 1. The predicted octanol–water partition coefficient (Wildman–Crippen LogP) is 3.14. The molecule has 0 bridgehead atoms. The average Bonchev–Trinajstić information content (AvgIpc) is 2.28. The number of aryl methyl sites for hydroxylation is 2. The Balaban J connectivity index is 2.53. The van der Waals surface area contributed by atoms with Crippen molar-refractivity contribution in [1.29, 1.82) is 0 Å². The van der Waals surface area contributed by atoms with Crippen molar-refractivity contribution in [3.05, 3.63) is 29.3 Å². The predicted molar refractivity (Wildman–Crippen MR) is 62.2 cm³/mol. The van der Waals surface area contributed by atoms with Crippen LogP contribution >= 0.6 is 0 Å². The van der Waals surface area contributed by atoms with E-state index in [9.17, 15) is 13.6 Å². The number of rotatable bonds is 3. The number of β-lactam (4-membered cyclic amide) rings is 1. The first-order valence-electron chi connectivity index (χ1n) is 5.83. The molecule has 0 aliphatic carbocycles. The molecule has 17 heavy (non-hydrogen) atoms. The highest BCUT2D eigenvalue weighted by atomic mass is 19.3. The first-order valence-corrected chi connectivity index (χ1v) is 5.83. The summed E-state index contributed by atoms with van der Waals surface area (Å²) in [5.41, 5.74) is 2.02. The second-order valence-corrected chi connectivity index (χ2v) is 4.20. The fourth-order valence-electron chi connectivity index (χ4n) is 2.22. The van der Waals surface area contributed by atoms with Gasteiger partial charge in [-0.3, -0.25) is 9.69 Å². The maximum absolute atomic E-state index is 13.5. The summed E-state index contributed by atoms with van der Waals surface area (Å²) in [6, 6.07) is 2.43. The van der Waals surface area contributed by atoms with E-state index in [2.05, 4.69) is 0 Å². The van der Waals surface area contributed by atoms with Crippen molar-refractivity contribution < 1.29 is 13.6 Å². The summed E-state index contributed by atoms with van der Waals surface area (Å²) in [6.45, 7) is 3.81. The van der Waals surface area contributed by atoms with Crippen LogP contribution in [0.5, 0.6) is 0 Å². The Kier molecular flexibility index (Phi) is 2.89. The number of amides is 1. The molecule has 1 aromatic carbocycles. The van der Waals surface area contributed by atoms with Crippen LogP contribution in [-0.4, -0.2) is 12.0 Å². The second kappa shape index (κ2) is 4.09.